The van der Waals surface area contributed by atoms with Crippen molar-refractivity contribution in [3.05, 3.63) is 60.8 Å². The lowest BCUT2D eigenvalue weighted by Crippen LogP contribution is -2.35. The molecule has 1 amide bonds. The first-order valence-electron chi connectivity index (χ1n) is 11.0. The van der Waals surface area contributed by atoms with Gasteiger partial charge >= 0.3 is 0 Å². The number of aromatic nitrogens is 2. The Balaban J connectivity index is 1.39. The Morgan fingerprint density at radius 3 is 2.36 bits per heavy atom. The Morgan fingerprint density at radius 2 is 1.70 bits per heavy atom. The Labute approximate surface area is 199 Å². The molecule has 1 atom stereocenters. The summed E-state index contributed by atoms with van der Waals surface area (Å²) in [6.07, 6.45) is 4.67. The Morgan fingerprint density at radius 1 is 1.03 bits per heavy atom. The van der Waals surface area contributed by atoms with E-state index in [-0.39, 0.29) is 16.1 Å². The fraction of sp³-hybridized carbons (Fsp3) is 0.333. The average Bonchev–Trinajstić information content (AvgIpc) is 3.20. The van der Waals surface area contributed by atoms with E-state index < -0.39 is 10.0 Å². The van der Waals surface area contributed by atoms with E-state index in [0.717, 1.165) is 35.7 Å². The van der Waals surface area contributed by atoms with E-state index in [2.05, 4.69) is 10.3 Å². The molecule has 7 nitrogen and oxygen atoms in total. The summed E-state index contributed by atoms with van der Waals surface area (Å²) in [5, 5.41) is 3.24. The Kier molecular flexibility index (Phi) is 7.21. The van der Waals surface area contributed by atoms with Crippen molar-refractivity contribution in [1.29, 1.82) is 0 Å². The van der Waals surface area contributed by atoms with Gasteiger partial charge in [-0.25, -0.2) is 13.4 Å². The van der Waals surface area contributed by atoms with Crippen LogP contribution in [0.5, 0.6) is 0 Å². The molecule has 2 heterocycles. The highest BCUT2D eigenvalue weighted by molar-refractivity contribution is 8.00. The molecule has 9 heteroatoms. The molecule has 0 bridgehead atoms. The van der Waals surface area contributed by atoms with E-state index in [9.17, 15) is 13.2 Å². The summed E-state index contributed by atoms with van der Waals surface area (Å²) in [5.41, 5.74) is 2.61. The number of nitrogens with one attached hydrogen (secondary N) is 1. The van der Waals surface area contributed by atoms with Gasteiger partial charge in [0, 0.05) is 25.8 Å². The molecule has 33 heavy (non-hydrogen) atoms. The van der Waals surface area contributed by atoms with Gasteiger partial charge in [-0.2, -0.15) is 4.31 Å². The monoisotopic (exact) mass is 484 g/mol. The lowest BCUT2D eigenvalue weighted by molar-refractivity contribution is -0.115. The number of rotatable bonds is 7. The molecule has 1 saturated heterocycles. The minimum absolute atomic E-state index is 0.170. The topological polar surface area (TPSA) is 84.3 Å². The van der Waals surface area contributed by atoms with Crippen LogP contribution in [0, 0.1) is 0 Å². The fourth-order valence-corrected chi connectivity index (χ4v) is 6.17. The minimum Gasteiger partial charge on any atom is -0.325 e. The number of carbonyl (C=O) groups is 1. The van der Waals surface area contributed by atoms with Gasteiger partial charge in [0.1, 0.15) is 0 Å². The summed E-state index contributed by atoms with van der Waals surface area (Å²) in [6.45, 7) is 2.95. The van der Waals surface area contributed by atoms with Crippen LogP contribution in [0.3, 0.4) is 0 Å². The number of hydrogen-bond acceptors (Lipinski definition) is 5. The molecule has 0 aliphatic carbocycles. The van der Waals surface area contributed by atoms with Crippen molar-refractivity contribution in [3.63, 3.8) is 0 Å². The van der Waals surface area contributed by atoms with E-state index in [1.54, 1.807) is 28.6 Å². The maximum Gasteiger partial charge on any atom is 0.243 e. The standard InChI is InChI=1S/C24H28N4O3S2/c1-18(32-24-25-17-22(27(24)2)19-9-5-3-6-10-19)23(29)26-20-11-13-21(14-12-20)33(30,31)28-15-7-4-8-16-28/h3,5-6,9-14,17-18H,4,7-8,15-16H2,1-2H3,(H,26,29). The number of carbonyl (C=O) groups excluding carboxylic acids is 1. The van der Waals surface area contributed by atoms with E-state index in [0.29, 0.717) is 18.8 Å². The minimum atomic E-state index is -3.48. The number of piperidine rings is 1. The van der Waals surface area contributed by atoms with Gasteiger partial charge in [-0.05, 0) is 49.6 Å². The molecule has 1 aliphatic rings. The lowest BCUT2D eigenvalue weighted by Gasteiger charge is -2.25. The average molecular weight is 485 g/mol. The number of imidazole rings is 1. The molecule has 0 saturated carbocycles. The molecule has 0 spiro atoms. The largest absolute Gasteiger partial charge is 0.325 e. The highest BCUT2D eigenvalue weighted by atomic mass is 32.2. The van der Waals surface area contributed by atoms with Crippen LogP contribution in [0.1, 0.15) is 26.2 Å². The Hall–Kier alpha value is -2.62. The first kappa shape index (κ1) is 23.5. The zero-order chi connectivity index (χ0) is 23.4. The molecule has 0 radical (unpaired) electrons. The predicted molar refractivity (Wildman–Crippen MR) is 132 cm³/mol. The maximum absolute atomic E-state index is 12.8. The molecule has 1 N–H and O–H groups in total. The summed E-state index contributed by atoms with van der Waals surface area (Å²) in [5.74, 6) is -0.170. The third-order valence-electron chi connectivity index (χ3n) is 5.74. The molecule has 1 unspecified atom stereocenters. The second-order valence-electron chi connectivity index (χ2n) is 8.09. The number of sulfonamides is 1. The van der Waals surface area contributed by atoms with Crippen LogP contribution in [0.15, 0.2) is 70.8 Å². The van der Waals surface area contributed by atoms with Crippen LogP contribution in [0.2, 0.25) is 0 Å². The van der Waals surface area contributed by atoms with Gasteiger partial charge in [-0.1, -0.05) is 48.5 Å². The van der Waals surface area contributed by atoms with Crippen LogP contribution >= 0.6 is 11.8 Å². The number of hydrogen-bond donors (Lipinski definition) is 1. The van der Waals surface area contributed by atoms with Crippen molar-refractivity contribution in [2.45, 2.75) is 41.5 Å². The summed E-state index contributed by atoms with van der Waals surface area (Å²) in [7, 11) is -1.55. The van der Waals surface area contributed by atoms with Gasteiger partial charge in [0.15, 0.2) is 5.16 Å². The van der Waals surface area contributed by atoms with Gasteiger partial charge < -0.3 is 9.88 Å². The number of amides is 1. The van der Waals surface area contributed by atoms with E-state index in [1.807, 2.05) is 55.1 Å². The van der Waals surface area contributed by atoms with E-state index >= 15 is 0 Å². The number of nitrogens with zero attached hydrogens (tertiary/aromatic N) is 3. The number of thioether (sulfide) groups is 1. The van der Waals surface area contributed by atoms with Crippen LogP contribution in [0.4, 0.5) is 5.69 Å². The zero-order valence-electron chi connectivity index (χ0n) is 18.8. The summed E-state index contributed by atoms with van der Waals surface area (Å²) < 4.78 is 29.1. The van der Waals surface area contributed by atoms with Crippen molar-refractivity contribution >= 4 is 33.4 Å². The predicted octanol–water partition coefficient (Wildman–Crippen LogP) is 4.38. The summed E-state index contributed by atoms with van der Waals surface area (Å²) in [6, 6.07) is 16.4. The van der Waals surface area contributed by atoms with Crippen molar-refractivity contribution in [3.8, 4) is 11.3 Å². The maximum atomic E-state index is 12.8. The summed E-state index contributed by atoms with van der Waals surface area (Å²) >= 11 is 1.38. The SMILES string of the molecule is CC(Sc1ncc(-c2ccccc2)n1C)C(=O)Nc1ccc(S(=O)(=O)N2CCCCC2)cc1. The third kappa shape index (κ3) is 5.31. The second-order valence-corrected chi connectivity index (χ2v) is 11.3. The molecule has 4 rings (SSSR count). The fourth-order valence-electron chi connectivity index (χ4n) is 3.80. The highest BCUT2D eigenvalue weighted by Crippen LogP contribution is 2.28. The normalized spacial score (nSPS) is 15.8. The molecule has 1 aliphatic heterocycles. The molecule has 174 valence electrons. The lowest BCUT2D eigenvalue weighted by atomic mass is 10.2. The van der Waals surface area contributed by atoms with Gasteiger partial charge in [0.05, 0.1) is 22.0 Å². The van der Waals surface area contributed by atoms with Gasteiger partial charge in [0.25, 0.3) is 0 Å². The first-order valence-corrected chi connectivity index (χ1v) is 13.3. The number of anilines is 1. The van der Waals surface area contributed by atoms with E-state index in [1.165, 1.54) is 11.8 Å². The van der Waals surface area contributed by atoms with Crippen LogP contribution in [-0.4, -0.2) is 46.5 Å². The van der Waals surface area contributed by atoms with Gasteiger partial charge in [-0.3, -0.25) is 4.79 Å². The molecule has 3 aromatic rings. The highest BCUT2D eigenvalue weighted by Gasteiger charge is 2.26. The molecular weight excluding hydrogens is 456 g/mol. The third-order valence-corrected chi connectivity index (χ3v) is 8.81. The molecule has 1 fully saturated rings. The van der Waals surface area contributed by atoms with Crippen molar-refractivity contribution in [2.75, 3.05) is 18.4 Å². The van der Waals surface area contributed by atoms with Crippen LogP contribution in [-0.2, 0) is 21.9 Å². The van der Waals surface area contributed by atoms with Crippen molar-refractivity contribution in [2.24, 2.45) is 7.05 Å². The number of benzene rings is 2. The van der Waals surface area contributed by atoms with E-state index in [4.69, 9.17) is 0 Å². The van der Waals surface area contributed by atoms with Crippen LogP contribution in [0.25, 0.3) is 11.3 Å². The Bertz CT molecular complexity index is 1200. The molecule has 2 aromatic carbocycles. The first-order chi connectivity index (χ1) is 15.9. The zero-order valence-corrected chi connectivity index (χ0v) is 20.4. The smallest absolute Gasteiger partial charge is 0.243 e. The van der Waals surface area contributed by atoms with Crippen molar-refractivity contribution in [1.82, 2.24) is 13.9 Å². The van der Waals surface area contributed by atoms with Crippen molar-refractivity contribution < 1.29 is 13.2 Å². The van der Waals surface area contributed by atoms with Crippen LogP contribution < -0.4 is 5.32 Å². The molecular formula is C24H28N4O3S2. The quantitative estimate of drug-likeness (QED) is 0.503. The second kappa shape index (κ2) is 10.1. The van der Waals surface area contributed by atoms with Gasteiger partial charge in [0.2, 0.25) is 15.9 Å². The molecule has 1 aromatic heterocycles. The summed E-state index contributed by atoms with van der Waals surface area (Å²) in [4.78, 5) is 17.5. The van der Waals surface area contributed by atoms with Gasteiger partial charge in [-0.15, -0.1) is 0 Å².